The largest absolute Gasteiger partial charge is 0.493 e. The van der Waals surface area contributed by atoms with Crippen LogP contribution in [-0.4, -0.2) is 33.3 Å². The van der Waals surface area contributed by atoms with Crippen molar-refractivity contribution in [3.05, 3.63) is 54.1 Å². The Kier molecular flexibility index (Phi) is 6.29. The topological polar surface area (TPSA) is 56.8 Å². The highest BCUT2D eigenvalue weighted by Crippen LogP contribution is 2.36. The van der Waals surface area contributed by atoms with Crippen molar-refractivity contribution in [2.45, 2.75) is 6.42 Å². The molecule has 2 aromatic rings. The van der Waals surface area contributed by atoms with Gasteiger partial charge in [0.25, 0.3) is 5.91 Å². The van der Waals surface area contributed by atoms with E-state index >= 15 is 0 Å². The normalized spacial score (nSPS) is 10.0. The van der Waals surface area contributed by atoms with E-state index in [0.29, 0.717) is 23.8 Å². The molecular formula is C18H21NO4. The van der Waals surface area contributed by atoms with Crippen LogP contribution in [0.3, 0.4) is 0 Å². The Morgan fingerprint density at radius 1 is 0.957 bits per heavy atom. The smallest absolute Gasteiger partial charge is 0.257 e. The summed E-state index contributed by atoms with van der Waals surface area (Å²) in [6.07, 6.45) is 0.782. The van der Waals surface area contributed by atoms with Crippen LogP contribution >= 0.6 is 0 Å². The minimum absolute atomic E-state index is 0.0917. The highest BCUT2D eigenvalue weighted by molar-refractivity contribution is 5.77. The van der Waals surface area contributed by atoms with Gasteiger partial charge in [-0.1, -0.05) is 36.4 Å². The van der Waals surface area contributed by atoms with Crippen molar-refractivity contribution in [2.24, 2.45) is 0 Å². The minimum Gasteiger partial charge on any atom is -0.493 e. The Morgan fingerprint density at radius 2 is 1.61 bits per heavy atom. The van der Waals surface area contributed by atoms with Crippen LogP contribution in [-0.2, 0) is 11.2 Å². The fourth-order valence-corrected chi connectivity index (χ4v) is 2.14. The lowest BCUT2D eigenvalue weighted by Gasteiger charge is -2.14. The van der Waals surface area contributed by atoms with E-state index in [-0.39, 0.29) is 12.5 Å². The summed E-state index contributed by atoms with van der Waals surface area (Å²) >= 11 is 0. The molecule has 0 atom stereocenters. The Labute approximate surface area is 136 Å². The van der Waals surface area contributed by atoms with Crippen molar-refractivity contribution in [3.63, 3.8) is 0 Å². The second kappa shape index (κ2) is 8.68. The summed E-state index contributed by atoms with van der Waals surface area (Å²) < 4.78 is 16.0. The summed E-state index contributed by atoms with van der Waals surface area (Å²) in [5.74, 6) is 1.30. The van der Waals surface area contributed by atoms with Crippen molar-refractivity contribution < 1.29 is 19.0 Å². The van der Waals surface area contributed by atoms with Gasteiger partial charge in [0.2, 0.25) is 5.75 Å². The maximum atomic E-state index is 11.9. The third kappa shape index (κ3) is 4.92. The second-order valence-corrected chi connectivity index (χ2v) is 4.87. The van der Waals surface area contributed by atoms with Gasteiger partial charge in [-0.05, 0) is 24.1 Å². The highest BCUT2D eigenvalue weighted by Gasteiger charge is 2.12. The Balaban J connectivity index is 1.82. The molecule has 0 aliphatic heterocycles. The summed E-state index contributed by atoms with van der Waals surface area (Å²) in [5.41, 5.74) is 1.18. The molecule has 0 saturated heterocycles. The fourth-order valence-electron chi connectivity index (χ4n) is 2.14. The zero-order valence-electron chi connectivity index (χ0n) is 13.4. The third-order valence-electron chi connectivity index (χ3n) is 3.31. The number of methoxy groups -OCH3 is 2. The molecule has 0 aliphatic rings. The average Bonchev–Trinajstić information content (AvgIpc) is 2.60. The molecule has 0 unspecified atom stereocenters. The molecule has 0 radical (unpaired) electrons. The van der Waals surface area contributed by atoms with Crippen molar-refractivity contribution in [1.29, 1.82) is 0 Å². The van der Waals surface area contributed by atoms with E-state index in [1.165, 1.54) is 5.56 Å². The predicted octanol–water partition coefficient (Wildman–Crippen LogP) is 2.44. The number of nitrogens with one attached hydrogen (secondary N) is 1. The average molecular weight is 315 g/mol. The zero-order chi connectivity index (χ0) is 16.5. The van der Waals surface area contributed by atoms with E-state index in [0.717, 1.165) is 6.42 Å². The molecule has 0 aromatic heterocycles. The highest BCUT2D eigenvalue weighted by atomic mass is 16.5. The van der Waals surface area contributed by atoms with E-state index in [1.54, 1.807) is 32.4 Å². The standard InChI is InChI=1S/C18H21NO4/c1-21-15-9-6-10-16(22-2)18(15)23-13-17(20)19-12-11-14-7-4-3-5-8-14/h3-10H,11-13H2,1-2H3,(H,19,20). The van der Waals surface area contributed by atoms with Crippen LogP contribution in [0.1, 0.15) is 5.56 Å². The number of hydrogen-bond donors (Lipinski definition) is 1. The fraction of sp³-hybridized carbons (Fsp3) is 0.278. The Morgan fingerprint density at radius 3 is 2.22 bits per heavy atom. The molecule has 122 valence electrons. The number of para-hydroxylation sites is 1. The lowest BCUT2D eigenvalue weighted by Crippen LogP contribution is -2.30. The van der Waals surface area contributed by atoms with Gasteiger partial charge in [0.1, 0.15) is 0 Å². The Hall–Kier alpha value is -2.69. The SMILES string of the molecule is COc1cccc(OC)c1OCC(=O)NCCc1ccccc1. The van der Waals surface area contributed by atoms with Crippen LogP contribution in [0.2, 0.25) is 0 Å². The minimum atomic E-state index is -0.186. The van der Waals surface area contributed by atoms with Crippen molar-refractivity contribution in [1.82, 2.24) is 5.32 Å². The van der Waals surface area contributed by atoms with Crippen LogP contribution < -0.4 is 19.5 Å². The van der Waals surface area contributed by atoms with Gasteiger partial charge in [-0.2, -0.15) is 0 Å². The number of amides is 1. The lowest BCUT2D eigenvalue weighted by molar-refractivity contribution is -0.123. The first kappa shape index (κ1) is 16.7. The van der Waals surface area contributed by atoms with E-state index in [4.69, 9.17) is 14.2 Å². The maximum Gasteiger partial charge on any atom is 0.257 e. The zero-order valence-corrected chi connectivity index (χ0v) is 13.4. The van der Waals surface area contributed by atoms with Crippen molar-refractivity contribution >= 4 is 5.91 Å². The number of carbonyl (C=O) groups excluding carboxylic acids is 1. The first-order chi connectivity index (χ1) is 11.2. The molecule has 0 spiro atoms. The number of rotatable bonds is 8. The monoisotopic (exact) mass is 315 g/mol. The number of hydrogen-bond acceptors (Lipinski definition) is 4. The summed E-state index contributed by atoms with van der Waals surface area (Å²) in [5, 5.41) is 2.83. The molecule has 0 saturated carbocycles. The molecule has 5 nitrogen and oxygen atoms in total. The molecule has 0 fully saturated rings. The quantitative estimate of drug-likeness (QED) is 0.813. The molecule has 1 N–H and O–H groups in total. The van der Waals surface area contributed by atoms with Gasteiger partial charge in [-0.15, -0.1) is 0 Å². The molecule has 2 rings (SSSR count). The molecular weight excluding hydrogens is 294 g/mol. The van der Waals surface area contributed by atoms with Crippen LogP contribution in [0.25, 0.3) is 0 Å². The van der Waals surface area contributed by atoms with E-state index < -0.39 is 0 Å². The van der Waals surface area contributed by atoms with Gasteiger partial charge < -0.3 is 19.5 Å². The molecule has 5 heteroatoms. The first-order valence-corrected chi connectivity index (χ1v) is 7.39. The maximum absolute atomic E-state index is 11.9. The van der Waals surface area contributed by atoms with Gasteiger partial charge in [-0.3, -0.25) is 4.79 Å². The second-order valence-electron chi connectivity index (χ2n) is 4.87. The molecule has 0 heterocycles. The van der Waals surface area contributed by atoms with Gasteiger partial charge in [0.05, 0.1) is 14.2 Å². The summed E-state index contributed by atoms with van der Waals surface area (Å²) in [6.45, 7) is 0.473. The number of ether oxygens (including phenoxy) is 3. The number of benzene rings is 2. The van der Waals surface area contributed by atoms with E-state index in [1.807, 2.05) is 30.3 Å². The molecule has 0 aliphatic carbocycles. The van der Waals surface area contributed by atoms with Crippen molar-refractivity contribution in [2.75, 3.05) is 27.4 Å². The van der Waals surface area contributed by atoms with E-state index in [2.05, 4.69) is 5.32 Å². The third-order valence-corrected chi connectivity index (χ3v) is 3.31. The van der Waals surface area contributed by atoms with E-state index in [9.17, 15) is 4.79 Å². The van der Waals surface area contributed by atoms with Crippen LogP contribution in [0.4, 0.5) is 0 Å². The summed E-state index contributed by atoms with van der Waals surface area (Å²) in [4.78, 5) is 11.9. The van der Waals surface area contributed by atoms with Crippen molar-refractivity contribution in [3.8, 4) is 17.2 Å². The molecule has 23 heavy (non-hydrogen) atoms. The number of carbonyl (C=O) groups is 1. The predicted molar refractivity (Wildman–Crippen MR) is 88.2 cm³/mol. The van der Waals surface area contributed by atoms with Gasteiger partial charge >= 0.3 is 0 Å². The van der Waals surface area contributed by atoms with Gasteiger partial charge in [0.15, 0.2) is 18.1 Å². The molecule has 2 aromatic carbocycles. The van der Waals surface area contributed by atoms with Gasteiger partial charge in [-0.25, -0.2) is 0 Å². The van der Waals surface area contributed by atoms with Crippen LogP contribution in [0, 0.1) is 0 Å². The summed E-state index contributed by atoms with van der Waals surface area (Å²) in [7, 11) is 3.09. The summed E-state index contributed by atoms with van der Waals surface area (Å²) in [6, 6.07) is 15.3. The molecule has 1 amide bonds. The van der Waals surface area contributed by atoms with Crippen LogP contribution in [0.5, 0.6) is 17.2 Å². The van der Waals surface area contributed by atoms with Crippen LogP contribution in [0.15, 0.2) is 48.5 Å². The molecule has 0 bridgehead atoms. The van der Waals surface area contributed by atoms with Gasteiger partial charge in [0, 0.05) is 6.54 Å². The Bertz CT molecular complexity index is 606. The first-order valence-electron chi connectivity index (χ1n) is 7.39. The lowest BCUT2D eigenvalue weighted by atomic mass is 10.1.